The predicted octanol–water partition coefficient (Wildman–Crippen LogP) is 1.42. The molecular weight excluding hydrogens is 160 g/mol. The molecule has 66 valence electrons. The van der Waals surface area contributed by atoms with Crippen molar-refractivity contribution in [3.8, 4) is 0 Å². The SMILES string of the molecule is CC1CCC(C)C([SH](=O)=O)C1. The smallest absolute Gasteiger partial charge is 0.143 e. The minimum absolute atomic E-state index is 0.0475. The van der Waals surface area contributed by atoms with Crippen LogP contribution in [0.4, 0.5) is 0 Å². The van der Waals surface area contributed by atoms with Crippen LogP contribution < -0.4 is 0 Å². The maximum atomic E-state index is 10.7. The molecule has 0 aliphatic heterocycles. The van der Waals surface area contributed by atoms with Crippen molar-refractivity contribution in [1.82, 2.24) is 0 Å². The van der Waals surface area contributed by atoms with Crippen LogP contribution in [-0.4, -0.2) is 13.7 Å². The molecular formula is C8H16O2S. The van der Waals surface area contributed by atoms with Crippen molar-refractivity contribution in [1.29, 1.82) is 0 Å². The molecule has 1 aliphatic rings. The van der Waals surface area contributed by atoms with E-state index in [0.717, 1.165) is 12.8 Å². The van der Waals surface area contributed by atoms with E-state index >= 15 is 0 Å². The molecule has 1 fully saturated rings. The Morgan fingerprint density at radius 1 is 1.18 bits per heavy atom. The normalized spacial score (nSPS) is 39.4. The van der Waals surface area contributed by atoms with Crippen LogP contribution in [0.15, 0.2) is 0 Å². The van der Waals surface area contributed by atoms with Gasteiger partial charge in [-0.25, -0.2) is 8.42 Å². The Labute approximate surface area is 69.9 Å². The number of rotatable bonds is 1. The molecule has 1 saturated carbocycles. The molecule has 2 nitrogen and oxygen atoms in total. The standard InChI is InChI=1S/C8H16O2S/c1-6-3-4-7(2)8(5-6)11(9)10/h6-8,11H,3-5H2,1-2H3. The number of hydrogen-bond acceptors (Lipinski definition) is 2. The largest absolute Gasteiger partial charge is 0.232 e. The van der Waals surface area contributed by atoms with Crippen LogP contribution >= 0.6 is 0 Å². The number of thiol groups is 1. The van der Waals surface area contributed by atoms with Gasteiger partial charge >= 0.3 is 0 Å². The van der Waals surface area contributed by atoms with Gasteiger partial charge in [0.05, 0.1) is 5.25 Å². The zero-order valence-corrected chi connectivity index (χ0v) is 8.01. The van der Waals surface area contributed by atoms with Crippen LogP contribution in [0.3, 0.4) is 0 Å². The number of hydrogen-bond donors (Lipinski definition) is 1. The van der Waals surface area contributed by atoms with E-state index in [0.29, 0.717) is 11.8 Å². The summed E-state index contributed by atoms with van der Waals surface area (Å²) in [7, 11) is -2.18. The highest BCUT2D eigenvalue weighted by Gasteiger charge is 2.27. The summed E-state index contributed by atoms with van der Waals surface area (Å²) in [6.07, 6.45) is 3.15. The maximum absolute atomic E-state index is 10.7. The minimum Gasteiger partial charge on any atom is -0.232 e. The molecule has 11 heavy (non-hydrogen) atoms. The molecule has 0 saturated heterocycles. The van der Waals surface area contributed by atoms with Gasteiger partial charge in [0.25, 0.3) is 0 Å². The topological polar surface area (TPSA) is 34.1 Å². The Morgan fingerprint density at radius 3 is 2.27 bits per heavy atom. The van der Waals surface area contributed by atoms with Gasteiger partial charge in [0.15, 0.2) is 0 Å². The van der Waals surface area contributed by atoms with Gasteiger partial charge in [0.2, 0.25) is 0 Å². The summed E-state index contributed by atoms with van der Waals surface area (Å²) in [5.74, 6) is 0.983. The lowest BCUT2D eigenvalue weighted by Crippen LogP contribution is -2.27. The molecule has 0 radical (unpaired) electrons. The van der Waals surface area contributed by atoms with Crippen LogP contribution in [-0.2, 0) is 10.7 Å². The quantitative estimate of drug-likeness (QED) is 0.613. The van der Waals surface area contributed by atoms with Crippen LogP contribution in [0.25, 0.3) is 0 Å². The van der Waals surface area contributed by atoms with Gasteiger partial charge in [-0.1, -0.05) is 20.3 Å². The third-order valence-corrected chi connectivity index (χ3v) is 3.95. The van der Waals surface area contributed by atoms with E-state index in [1.54, 1.807) is 0 Å². The molecule has 1 aliphatic carbocycles. The summed E-state index contributed by atoms with van der Waals surface area (Å²) in [5.41, 5.74) is 0. The van der Waals surface area contributed by atoms with Gasteiger partial charge in [0.1, 0.15) is 10.7 Å². The zero-order valence-electron chi connectivity index (χ0n) is 7.12. The van der Waals surface area contributed by atoms with E-state index in [-0.39, 0.29) is 5.25 Å². The third-order valence-electron chi connectivity index (χ3n) is 2.69. The summed E-state index contributed by atoms with van der Waals surface area (Å²) >= 11 is 0. The fraction of sp³-hybridized carbons (Fsp3) is 1.00. The fourth-order valence-electron chi connectivity index (χ4n) is 1.80. The summed E-state index contributed by atoms with van der Waals surface area (Å²) < 4.78 is 21.5. The Morgan fingerprint density at radius 2 is 1.82 bits per heavy atom. The molecule has 0 aromatic heterocycles. The van der Waals surface area contributed by atoms with Crippen molar-refractivity contribution in [3.05, 3.63) is 0 Å². The highest BCUT2D eigenvalue weighted by molar-refractivity contribution is 7.73. The van der Waals surface area contributed by atoms with Crippen molar-refractivity contribution in [3.63, 3.8) is 0 Å². The van der Waals surface area contributed by atoms with E-state index in [4.69, 9.17) is 0 Å². The molecule has 0 bridgehead atoms. The highest BCUT2D eigenvalue weighted by Crippen LogP contribution is 2.29. The fourth-order valence-corrected chi connectivity index (χ4v) is 2.89. The lowest BCUT2D eigenvalue weighted by atomic mass is 9.84. The molecule has 1 rings (SSSR count). The average Bonchev–Trinajstić information content (AvgIpc) is 1.94. The predicted molar refractivity (Wildman–Crippen MR) is 46.3 cm³/mol. The molecule has 0 spiro atoms. The summed E-state index contributed by atoms with van der Waals surface area (Å²) in [4.78, 5) is 0. The first-order valence-electron chi connectivity index (χ1n) is 4.24. The Hall–Kier alpha value is -0.0500. The molecule has 3 unspecified atom stereocenters. The van der Waals surface area contributed by atoms with Gasteiger partial charge in [0, 0.05) is 0 Å². The van der Waals surface area contributed by atoms with Crippen LogP contribution in [0.1, 0.15) is 33.1 Å². The Kier molecular flexibility index (Phi) is 2.93. The van der Waals surface area contributed by atoms with E-state index in [9.17, 15) is 8.42 Å². The maximum Gasteiger partial charge on any atom is 0.143 e. The second-order valence-corrected chi connectivity index (χ2v) is 4.98. The molecule has 0 aromatic carbocycles. The molecule has 0 heterocycles. The Bertz CT molecular complexity index is 190. The first-order valence-corrected chi connectivity index (χ1v) is 5.49. The van der Waals surface area contributed by atoms with Gasteiger partial charge in [-0.2, -0.15) is 0 Å². The second-order valence-electron chi connectivity index (χ2n) is 3.75. The third kappa shape index (κ3) is 2.19. The summed E-state index contributed by atoms with van der Waals surface area (Å²) in [5, 5.41) is -0.0475. The first-order chi connectivity index (χ1) is 5.11. The highest BCUT2D eigenvalue weighted by atomic mass is 32.2. The molecule has 3 heteroatoms. The van der Waals surface area contributed by atoms with Gasteiger partial charge in [-0.15, -0.1) is 0 Å². The monoisotopic (exact) mass is 176 g/mol. The van der Waals surface area contributed by atoms with Crippen molar-refractivity contribution in [2.45, 2.75) is 38.4 Å². The van der Waals surface area contributed by atoms with Crippen LogP contribution in [0.5, 0.6) is 0 Å². The van der Waals surface area contributed by atoms with Crippen LogP contribution in [0.2, 0.25) is 0 Å². The average molecular weight is 176 g/mol. The van der Waals surface area contributed by atoms with Crippen molar-refractivity contribution >= 4 is 10.7 Å². The van der Waals surface area contributed by atoms with Crippen molar-refractivity contribution in [2.24, 2.45) is 11.8 Å². The molecule has 0 aromatic rings. The van der Waals surface area contributed by atoms with E-state index in [2.05, 4.69) is 6.92 Å². The van der Waals surface area contributed by atoms with Crippen LogP contribution in [0, 0.1) is 11.8 Å². The Balaban J connectivity index is 2.61. The van der Waals surface area contributed by atoms with E-state index < -0.39 is 10.7 Å². The lowest BCUT2D eigenvalue weighted by molar-refractivity contribution is 0.311. The summed E-state index contributed by atoms with van der Waals surface area (Å²) in [6, 6.07) is 0. The van der Waals surface area contributed by atoms with Gasteiger partial charge in [-0.3, -0.25) is 0 Å². The molecule has 0 amide bonds. The molecule has 3 atom stereocenters. The second kappa shape index (κ2) is 3.57. The van der Waals surface area contributed by atoms with Gasteiger partial charge < -0.3 is 0 Å². The minimum atomic E-state index is -2.18. The molecule has 0 N–H and O–H groups in total. The van der Waals surface area contributed by atoms with E-state index in [1.165, 1.54) is 6.42 Å². The van der Waals surface area contributed by atoms with Crippen molar-refractivity contribution in [2.75, 3.05) is 0 Å². The van der Waals surface area contributed by atoms with E-state index in [1.807, 2.05) is 6.92 Å². The zero-order chi connectivity index (χ0) is 8.43. The summed E-state index contributed by atoms with van der Waals surface area (Å²) in [6.45, 7) is 4.18. The lowest BCUT2D eigenvalue weighted by Gasteiger charge is -2.28. The van der Waals surface area contributed by atoms with Crippen molar-refractivity contribution < 1.29 is 8.42 Å². The first kappa shape index (κ1) is 9.04. The van der Waals surface area contributed by atoms with Gasteiger partial charge in [-0.05, 0) is 24.7 Å².